The number of halogens is 4. The van der Waals surface area contributed by atoms with Crippen molar-refractivity contribution in [1.82, 2.24) is 9.97 Å². The molecule has 2 unspecified atom stereocenters. The van der Waals surface area contributed by atoms with Gasteiger partial charge in [-0.1, -0.05) is 13.0 Å². The van der Waals surface area contributed by atoms with Crippen LogP contribution in [0, 0.1) is 18.2 Å². The summed E-state index contributed by atoms with van der Waals surface area (Å²) in [5.41, 5.74) is 3.64. The Balaban J connectivity index is 1.93. The van der Waals surface area contributed by atoms with E-state index in [1.165, 1.54) is 44.5 Å². The van der Waals surface area contributed by atoms with Crippen molar-refractivity contribution in [1.29, 1.82) is 0 Å². The van der Waals surface area contributed by atoms with Crippen molar-refractivity contribution in [3.05, 3.63) is 69.0 Å². The van der Waals surface area contributed by atoms with Crippen LogP contribution in [0.4, 0.5) is 17.6 Å². The number of nitrogens with one attached hydrogen (secondary N) is 1. The molecule has 0 aliphatic heterocycles. The normalized spacial score (nSPS) is 22.8. The molecule has 1 aliphatic carbocycles. The summed E-state index contributed by atoms with van der Waals surface area (Å²) in [5.74, 6) is -2.71. The lowest BCUT2D eigenvalue weighted by molar-refractivity contribution is -0.216. The molecule has 0 saturated heterocycles. The number of hydrogen-bond donors (Lipinski definition) is 2. The number of benzene rings is 1. The number of alkyl halides is 3. The van der Waals surface area contributed by atoms with Crippen LogP contribution >= 0.6 is 0 Å². The Morgan fingerprint density at radius 1 is 1.24 bits per heavy atom. The number of carbonyl (C=O) groups is 1. The number of pyridine rings is 2. The van der Waals surface area contributed by atoms with Crippen LogP contribution in [0.2, 0.25) is 0 Å². The summed E-state index contributed by atoms with van der Waals surface area (Å²) in [7, 11) is 1.34. The minimum absolute atomic E-state index is 0.0258. The summed E-state index contributed by atoms with van der Waals surface area (Å²) in [6.07, 6.45) is -3.77. The zero-order chi connectivity index (χ0) is 25.0. The Labute approximate surface area is 192 Å². The Bertz CT molecular complexity index is 1350. The Morgan fingerprint density at radius 2 is 1.91 bits per heavy atom. The Hall–Kier alpha value is -3.43. The molecule has 3 aromatic rings. The second-order valence-electron chi connectivity index (χ2n) is 9.01. The van der Waals surface area contributed by atoms with Gasteiger partial charge in [0.2, 0.25) is 0 Å². The maximum Gasteiger partial charge on any atom is 0.394 e. The number of nitrogens with two attached hydrogens (primary N) is 1. The van der Waals surface area contributed by atoms with Crippen molar-refractivity contribution >= 4 is 16.8 Å². The van der Waals surface area contributed by atoms with Crippen LogP contribution in [0.25, 0.3) is 10.9 Å². The molecule has 180 valence electrons. The van der Waals surface area contributed by atoms with Gasteiger partial charge in [-0.05, 0) is 43.4 Å². The third kappa shape index (κ3) is 3.70. The van der Waals surface area contributed by atoms with Gasteiger partial charge < -0.3 is 15.5 Å². The molecule has 4 rings (SSSR count). The quantitative estimate of drug-likeness (QED) is 0.532. The molecule has 1 amide bonds. The fraction of sp³-hybridized carbons (Fsp3) is 0.375. The minimum atomic E-state index is -4.50. The largest absolute Gasteiger partial charge is 0.496 e. The van der Waals surface area contributed by atoms with Gasteiger partial charge in [-0.25, -0.2) is 4.39 Å². The number of ether oxygens (including phenoxy) is 1. The van der Waals surface area contributed by atoms with Gasteiger partial charge in [0.05, 0.1) is 23.4 Å². The van der Waals surface area contributed by atoms with E-state index in [1.807, 2.05) is 0 Å². The Morgan fingerprint density at radius 3 is 2.53 bits per heavy atom. The predicted molar refractivity (Wildman–Crippen MR) is 117 cm³/mol. The molecule has 3 atom stereocenters. The maximum absolute atomic E-state index is 14.2. The van der Waals surface area contributed by atoms with Gasteiger partial charge in [0.25, 0.3) is 5.91 Å². The highest BCUT2D eigenvalue weighted by atomic mass is 19.4. The van der Waals surface area contributed by atoms with Gasteiger partial charge in [0, 0.05) is 29.4 Å². The number of aromatic nitrogens is 2. The molecule has 2 heterocycles. The second kappa shape index (κ2) is 8.11. The summed E-state index contributed by atoms with van der Waals surface area (Å²) in [4.78, 5) is 31.5. The van der Waals surface area contributed by atoms with E-state index in [0.29, 0.717) is 5.56 Å². The molecule has 0 radical (unpaired) electrons. The van der Waals surface area contributed by atoms with Gasteiger partial charge in [-0.2, -0.15) is 13.2 Å². The molecule has 3 N–H and O–H groups in total. The van der Waals surface area contributed by atoms with Crippen LogP contribution in [0.1, 0.15) is 58.9 Å². The van der Waals surface area contributed by atoms with E-state index < -0.39 is 40.6 Å². The maximum atomic E-state index is 14.2. The number of methoxy groups -OCH3 is 1. The summed E-state index contributed by atoms with van der Waals surface area (Å²) < 4.78 is 61.9. The van der Waals surface area contributed by atoms with E-state index in [-0.39, 0.29) is 46.4 Å². The second-order valence-corrected chi connectivity index (χ2v) is 9.01. The molecule has 34 heavy (non-hydrogen) atoms. The standard InChI is InChI=1S/C24H23F4N3O3/c1-11-15(25)5-4-12(21(11)34-3)13-9-23(2,24(26,27)28)10-14(13)17-8-18(32)19-16(31-17)6-7-30-20(19)22(29)33/h4-8,13-14H,9-10H2,1-3H3,(H2,29,33)(H,31,32)/t13?,14?,23-/m0/s1. The fourth-order valence-electron chi connectivity index (χ4n) is 5.08. The number of carbonyl (C=O) groups excluding carboxylic acids is 1. The van der Waals surface area contributed by atoms with Crippen LogP contribution in [-0.4, -0.2) is 29.2 Å². The number of primary amides is 1. The Kier molecular flexibility index (Phi) is 5.65. The van der Waals surface area contributed by atoms with Crippen molar-refractivity contribution in [2.75, 3.05) is 7.11 Å². The van der Waals surface area contributed by atoms with E-state index in [0.717, 1.165) is 6.92 Å². The van der Waals surface area contributed by atoms with Crippen LogP contribution < -0.4 is 15.9 Å². The number of H-pyrrole nitrogens is 1. The number of fused-ring (bicyclic) bond motifs is 1. The van der Waals surface area contributed by atoms with E-state index >= 15 is 0 Å². The average molecular weight is 477 g/mol. The number of hydrogen-bond acceptors (Lipinski definition) is 4. The first kappa shape index (κ1) is 23.7. The molecule has 10 heteroatoms. The topological polar surface area (TPSA) is 98.1 Å². The summed E-state index contributed by atoms with van der Waals surface area (Å²) in [6, 6.07) is 5.30. The van der Waals surface area contributed by atoms with E-state index in [2.05, 4.69) is 9.97 Å². The van der Waals surface area contributed by atoms with Crippen molar-refractivity contribution in [3.63, 3.8) is 0 Å². The third-order valence-electron chi connectivity index (χ3n) is 6.88. The van der Waals surface area contributed by atoms with Crippen LogP contribution in [0.15, 0.2) is 35.3 Å². The first-order valence-corrected chi connectivity index (χ1v) is 10.6. The van der Waals surface area contributed by atoms with Gasteiger partial charge in [0.1, 0.15) is 17.3 Å². The lowest BCUT2D eigenvalue weighted by Crippen LogP contribution is -2.32. The third-order valence-corrected chi connectivity index (χ3v) is 6.88. The molecule has 2 aromatic heterocycles. The average Bonchev–Trinajstić information content (AvgIpc) is 3.13. The summed E-state index contributed by atoms with van der Waals surface area (Å²) >= 11 is 0. The lowest BCUT2D eigenvalue weighted by Gasteiger charge is -2.27. The molecule has 6 nitrogen and oxygen atoms in total. The SMILES string of the molecule is COc1c(C2C[C@](C)(C(F)(F)F)CC2c2cc(=O)c3c(C(N)=O)nccc3[nH]2)ccc(F)c1C. The van der Waals surface area contributed by atoms with Crippen LogP contribution in [0.3, 0.4) is 0 Å². The van der Waals surface area contributed by atoms with Crippen LogP contribution in [-0.2, 0) is 0 Å². The smallest absolute Gasteiger partial charge is 0.394 e. The number of nitrogens with zero attached hydrogens (tertiary/aromatic N) is 1. The van der Waals surface area contributed by atoms with Crippen molar-refractivity contribution in [3.8, 4) is 5.75 Å². The predicted octanol–water partition coefficient (Wildman–Crippen LogP) is 4.71. The molecule has 0 spiro atoms. The van der Waals surface area contributed by atoms with Crippen molar-refractivity contribution in [2.45, 2.75) is 44.7 Å². The van der Waals surface area contributed by atoms with Gasteiger partial charge in [0.15, 0.2) is 5.43 Å². The van der Waals surface area contributed by atoms with Gasteiger partial charge in [-0.3, -0.25) is 14.6 Å². The summed E-state index contributed by atoms with van der Waals surface area (Å²) in [6.45, 7) is 2.65. The van der Waals surface area contributed by atoms with E-state index in [1.54, 1.807) is 0 Å². The number of rotatable bonds is 4. The zero-order valence-electron chi connectivity index (χ0n) is 18.7. The van der Waals surface area contributed by atoms with E-state index in [9.17, 15) is 27.2 Å². The molecule has 1 aliphatic rings. The van der Waals surface area contributed by atoms with Crippen molar-refractivity contribution in [2.24, 2.45) is 11.1 Å². The van der Waals surface area contributed by atoms with Crippen molar-refractivity contribution < 1.29 is 27.1 Å². The molecule has 0 bridgehead atoms. The first-order valence-electron chi connectivity index (χ1n) is 10.6. The van der Waals surface area contributed by atoms with Crippen LogP contribution in [0.5, 0.6) is 5.75 Å². The molecular formula is C24H23F4N3O3. The number of aromatic amines is 1. The monoisotopic (exact) mass is 477 g/mol. The molecule has 1 fully saturated rings. The van der Waals surface area contributed by atoms with Gasteiger partial charge in [-0.15, -0.1) is 0 Å². The highest BCUT2D eigenvalue weighted by Gasteiger charge is 2.58. The highest BCUT2D eigenvalue weighted by Crippen LogP contribution is 2.61. The zero-order valence-corrected chi connectivity index (χ0v) is 18.7. The molecular weight excluding hydrogens is 454 g/mol. The number of amides is 1. The highest BCUT2D eigenvalue weighted by molar-refractivity contribution is 6.03. The van der Waals surface area contributed by atoms with E-state index in [4.69, 9.17) is 10.5 Å². The summed E-state index contributed by atoms with van der Waals surface area (Å²) in [5, 5.41) is -0.0258. The molecule has 1 aromatic carbocycles. The molecule has 1 saturated carbocycles. The fourth-order valence-corrected chi connectivity index (χ4v) is 5.08. The minimum Gasteiger partial charge on any atom is -0.496 e. The first-order chi connectivity index (χ1) is 15.9. The lowest BCUT2D eigenvalue weighted by atomic mass is 9.84. The van der Waals surface area contributed by atoms with Gasteiger partial charge >= 0.3 is 6.18 Å².